The average molecular weight is 388 g/mol. The van der Waals surface area contributed by atoms with Crippen molar-refractivity contribution in [1.82, 2.24) is 29.6 Å². The van der Waals surface area contributed by atoms with Gasteiger partial charge in [-0.2, -0.15) is 0 Å². The summed E-state index contributed by atoms with van der Waals surface area (Å²) in [5, 5.41) is 9.06. The maximum absolute atomic E-state index is 5.89. The van der Waals surface area contributed by atoms with E-state index < -0.39 is 0 Å². The van der Waals surface area contributed by atoms with Crippen LogP contribution >= 0.6 is 0 Å². The molecule has 2 atom stereocenters. The van der Waals surface area contributed by atoms with E-state index in [1.54, 1.807) is 12.7 Å². The number of rotatable bonds is 6. The summed E-state index contributed by atoms with van der Waals surface area (Å²) in [5.41, 5.74) is 4.79. The zero-order chi connectivity index (χ0) is 19.6. The molecule has 29 heavy (non-hydrogen) atoms. The first-order valence-corrected chi connectivity index (χ1v) is 9.95. The first-order chi connectivity index (χ1) is 14.3. The number of likely N-dealkylation sites (tertiary alicyclic amines) is 1. The lowest BCUT2D eigenvalue weighted by molar-refractivity contribution is -0.0134. The van der Waals surface area contributed by atoms with Crippen LogP contribution in [0.5, 0.6) is 0 Å². The predicted molar refractivity (Wildman–Crippen MR) is 111 cm³/mol. The van der Waals surface area contributed by atoms with Crippen LogP contribution in [-0.2, 0) is 11.2 Å². The summed E-state index contributed by atoms with van der Waals surface area (Å²) in [6.07, 6.45) is 11.5. The highest BCUT2D eigenvalue weighted by atomic mass is 16.5. The lowest BCUT2D eigenvalue weighted by Gasteiger charge is -2.26. The highest BCUT2D eigenvalue weighted by molar-refractivity contribution is 5.85. The van der Waals surface area contributed by atoms with E-state index in [9.17, 15) is 0 Å². The van der Waals surface area contributed by atoms with Crippen molar-refractivity contribution in [3.63, 3.8) is 0 Å². The minimum absolute atomic E-state index is 0.0944. The van der Waals surface area contributed by atoms with E-state index in [-0.39, 0.29) is 6.23 Å². The minimum atomic E-state index is 0.0944. The molecule has 7 heteroatoms. The van der Waals surface area contributed by atoms with Crippen LogP contribution in [0.15, 0.2) is 61.6 Å². The Labute approximate surface area is 169 Å². The molecule has 148 valence electrons. The number of fused-ring (bicyclic) bond motifs is 1. The molecule has 4 aromatic rings. The van der Waals surface area contributed by atoms with Crippen LogP contribution < -0.4 is 0 Å². The Kier molecular flexibility index (Phi) is 4.83. The largest absolute Gasteiger partial charge is 0.366 e. The Morgan fingerprint density at radius 2 is 2.10 bits per heavy atom. The van der Waals surface area contributed by atoms with Crippen LogP contribution in [-0.4, -0.2) is 56.1 Å². The molecule has 4 heterocycles. The fourth-order valence-electron chi connectivity index (χ4n) is 4.44. The van der Waals surface area contributed by atoms with E-state index in [0.717, 1.165) is 37.1 Å². The Morgan fingerprint density at radius 1 is 1.21 bits per heavy atom. The van der Waals surface area contributed by atoms with E-state index in [1.807, 2.05) is 30.1 Å². The topological polar surface area (TPSA) is 71.9 Å². The molecule has 1 aliphatic heterocycles. The number of hydrogen-bond donors (Lipinski definition) is 1. The number of hydrogen-bond acceptors (Lipinski definition) is 5. The standard InChI is InChI=1S/C22H24N6O/c1-29-22-19(16-3-2-8-23-12-16)7-10-27(22)9-6-17-13-24-21-5-4-18(11-20(17)21)28-14-25-26-15-28/h2-5,8,11-15,19,22,24H,6-7,9-10H2,1H3/t19-,22?/m1/s1. The molecule has 3 aromatic heterocycles. The Hall–Kier alpha value is -3.03. The highest BCUT2D eigenvalue weighted by Gasteiger charge is 2.35. The summed E-state index contributed by atoms with van der Waals surface area (Å²) in [5.74, 6) is 0.372. The van der Waals surface area contributed by atoms with Gasteiger partial charge in [0.1, 0.15) is 18.9 Å². The van der Waals surface area contributed by atoms with E-state index >= 15 is 0 Å². The lowest BCUT2D eigenvalue weighted by atomic mass is 9.99. The monoisotopic (exact) mass is 388 g/mol. The summed E-state index contributed by atoms with van der Waals surface area (Å²) in [4.78, 5) is 10.1. The van der Waals surface area contributed by atoms with Gasteiger partial charge in [-0.25, -0.2) is 0 Å². The summed E-state index contributed by atoms with van der Waals surface area (Å²) >= 11 is 0. The third kappa shape index (κ3) is 3.43. The molecule has 1 aromatic carbocycles. The number of aromatic amines is 1. The molecule has 0 aliphatic carbocycles. The number of nitrogens with zero attached hydrogens (tertiary/aromatic N) is 5. The number of aromatic nitrogens is 5. The molecule has 1 aliphatic rings. The molecule has 5 rings (SSSR count). The van der Waals surface area contributed by atoms with Gasteiger partial charge in [0, 0.05) is 61.3 Å². The van der Waals surface area contributed by atoms with Gasteiger partial charge in [0.05, 0.1) is 0 Å². The van der Waals surface area contributed by atoms with Gasteiger partial charge in [0.15, 0.2) is 0 Å². The lowest BCUT2D eigenvalue weighted by Crippen LogP contribution is -2.35. The van der Waals surface area contributed by atoms with Crippen LogP contribution in [0, 0.1) is 0 Å². The van der Waals surface area contributed by atoms with E-state index in [0.29, 0.717) is 5.92 Å². The zero-order valence-corrected chi connectivity index (χ0v) is 16.4. The zero-order valence-electron chi connectivity index (χ0n) is 16.4. The Bertz CT molecular complexity index is 1080. The van der Waals surface area contributed by atoms with Crippen molar-refractivity contribution in [2.24, 2.45) is 0 Å². The summed E-state index contributed by atoms with van der Waals surface area (Å²) in [7, 11) is 1.81. The van der Waals surface area contributed by atoms with Gasteiger partial charge in [-0.3, -0.25) is 14.5 Å². The van der Waals surface area contributed by atoms with Crippen LogP contribution in [0.3, 0.4) is 0 Å². The molecule has 1 saturated heterocycles. The van der Waals surface area contributed by atoms with Crippen LogP contribution in [0.4, 0.5) is 0 Å². The fourth-order valence-corrected chi connectivity index (χ4v) is 4.44. The van der Waals surface area contributed by atoms with Crippen molar-refractivity contribution in [3.05, 3.63) is 72.7 Å². The van der Waals surface area contributed by atoms with Crippen LogP contribution in [0.1, 0.15) is 23.5 Å². The van der Waals surface area contributed by atoms with Gasteiger partial charge in [0.2, 0.25) is 0 Å². The highest BCUT2D eigenvalue weighted by Crippen LogP contribution is 2.34. The van der Waals surface area contributed by atoms with Gasteiger partial charge < -0.3 is 9.72 Å². The first-order valence-electron chi connectivity index (χ1n) is 9.95. The number of benzene rings is 1. The quantitative estimate of drug-likeness (QED) is 0.549. The first kappa shape index (κ1) is 18.0. The molecule has 0 amide bonds. The van der Waals surface area contributed by atoms with Crippen molar-refractivity contribution in [3.8, 4) is 5.69 Å². The van der Waals surface area contributed by atoms with Crippen molar-refractivity contribution in [2.75, 3.05) is 20.2 Å². The minimum Gasteiger partial charge on any atom is -0.366 e. The molecular formula is C22H24N6O. The second kappa shape index (κ2) is 7.77. The van der Waals surface area contributed by atoms with Gasteiger partial charge in [-0.15, -0.1) is 10.2 Å². The smallest absolute Gasteiger partial charge is 0.123 e. The fraction of sp³-hybridized carbons (Fsp3) is 0.318. The summed E-state index contributed by atoms with van der Waals surface area (Å²) in [6.45, 7) is 1.99. The number of ether oxygens (including phenoxy) is 1. The van der Waals surface area contributed by atoms with Crippen molar-refractivity contribution in [2.45, 2.75) is 25.0 Å². The maximum Gasteiger partial charge on any atom is 0.123 e. The maximum atomic E-state index is 5.89. The molecule has 1 unspecified atom stereocenters. The molecule has 0 spiro atoms. The summed E-state index contributed by atoms with van der Waals surface area (Å²) in [6, 6.07) is 10.5. The van der Waals surface area contributed by atoms with Gasteiger partial charge in [0.25, 0.3) is 0 Å². The van der Waals surface area contributed by atoms with Crippen molar-refractivity contribution < 1.29 is 4.74 Å². The third-order valence-electron chi connectivity index (χ3n) is 5.92. The normalized spacial score (nSPS) is 19.9. The van der Waals surface area contributed by atoms with E-state index in [4.69, 9.17) is 4.74 Å². The second-order valence-corrected chi connectivity index (χ2v) is 7.51. The second-order valence-electron chi connectivity index (χ2n) is 7.51. The van der Waals surface area contributed by atoms with Crippen molar-refractivity contribution >= 4 is 10.9 Å². The van der Waals surface area contributed by atoms with Gasteiger partial charge in [-0.05, 0) is 48.2 Å². The van der Waals surface area contributed by atoms with Crippen LogP contribution in [0.2, 0.25) is 0 Å². The third-order valence-corrected chi connectivity index (χ3v) is 5.92. The number of pyridine rings is 1. The molecule has 0 radical (unpaired) electrons. The molecule has 0 bridgehead atoms. The summed E-state index contributed by atoms with van der Waals surface area (Å²) < 4.78 is 7.82. The predicted octanol–water partition coefficient (Wildman–Crippen LogP) is 3.15. The molecule has 0 saturated carbocycles. The van der Waals surface area contributed by atoms with E-state index in [1.165, 1.54) is 16.5 Å². The number of H-pyrrole nitrogens is 1. The molecule has 7 nitrogen and oxygen atoms in total. The molecule has 1 fully saturated rings. The van der Waals surface area contributed by atoms with Gasteiger partial charge >= 0.3 is 0 Å². The van der Waals surface area contributed by atoms with Crippen molar-refractivity contribution in [1.29, 1.82) is 0 Å². The number of nitrogens with one attached hydrogen (secondary N) is 1. The Balaban J connectivity index is 1.33. The SMILES string of the molecule is COC1[C@@H](c2cccnc2)CCN1CCc1c[nH]c2ccc(-n3cnnc3)cc12. The van der Waals surface area contributed by atoms with E-state index in [2.05, 4.69) is 55.5 Å². The average Bonchev–Trinajstić information content (AvgIpc) is 3.51. The molecular weight excluding hydrogens is 364 g/mol. The van der Waals surface area contributed by atoms with Gasteiger partial charge in [-0.1, -0.05) is 6.07 Å². The van der Waals surface area contributed by atoms with Crippen LogP contribution in [0.25, 0.3) is 16.6 Å². The number of methoxy groups -OCH3 is 1. The molecule has 1 N–H and O–H groups in total. The Morgan fingerprint density at radius 3 is 2.90 bits per heavy atom.